The molecule has 0 fully saturated rings. The quantitative estimate of drug-likeness (QED) is 0.819. The topological polar surface area (TPSA) is 20.2 Å². The maximum Gasteiger partial charge on any atom is 0.0690 e. The molecule has 3 heteroatoms. The van der Waals surface area contributed by atoms with Gasteiger partial charge in [0.2, 0.25) is 0 Å². The minimum Gasteiger partial charge on any atom is -0.392 e. The SMILES string of the molecule is OCc1csc(SCc2ccccc2)c1. The fourth-order valence-corrected chi connectivity index (χ4v) is 3.20. The van der Waals surface area contributed by atoms with Crippen molar-refractivity contribution in [2.75, 3.05) is 0 Å². The molecule has 0 spiro atoms. The highest BCUT2D eigenvalue weighted by molar-refractivity contribution is 8.00. The van der Waals surface area contributed by atoms with E-state index >= 15 is 0 Å². The molecule has 0 aliphatic carbocycles. The van der Waals surface area contributed by atoms with Crippen molar-refractivity contribution in [3.05, 3.63) is 52.9 Å². The summed E-state index contributed by atoms with van der Waals surface area (Å²) in [5, 5.41) is 10.9. The van der Waals surface area contributed by atoms with Crippen molar-refractivity contribution in [1.29, 1.82) is 0 Å². The molecule has 1 nitrogen and oxygen atoms in total. The van der Waals surface area contributed by atoms with Crippen molar-refractivity contribution < 1.29 is 5.11 Å². The lowest BCUT2D eigenvalue weighted by Crippen LogP contribution is -1.77. The molecule has 0 amide bonds. The molecule has 0 atom stereocenters. The van der Waals surface area contributed by atoms with Crippen LogP contribution in [0.25, 0.3) is 0 Å². The molecule has 1 heterocycles. The monoisotopic (exact) mass is 236 g/mol. The Morgan fingerprint density at radius 1 is 1.13 bits per heavy atom. The van der Waals surface area contributed by atoms with Crippen molar-refractivity contribution in [2.24, 2.45) is 0 Å². The van der Waals surface area contributed by atoms with Gasteiger partial charge in [0, 0.05) is 5.75 Å². The van der Waals surface area contributed by atoms with E-state index in [1.54, 1.807) is 11.3 Å². The molecule has 0 unspecified atom stereocenters. The average molecular weight is 236 g/mol. The first-order valence-corrected chi connectivity index (χ1v) is 6.60. The van der Waals surface area contributed by atoms with E-state index in [1.165, 1.54) is 9.77 Å². The highest BCUT2D eigenvalue weighted by Gasteiger charge is 2.00. The first-order valence-electron chi connectivity index (χ1n) is 4.73. The van der Waals surface area contributed by atoms with Gasteiger partial charge in [0.15, 0.2) is 0 Å². The van der Waals surface area contributed by atoms with Crippen LogP contribution < -0.4 is 0 Å². The zero-order valence-electron chi connectivity index (χ0n) is 8.22. The van der Waals surface area contributed by atoms with Gasteiger partial charge >= 0.3 is 0 Å². The fraction of sp³-hybridized carbons (Fsp3) is 0.167. The summed E-state index contributed by atoms with van der Waals surface area (Å²) >= 11 is 3.51. The smallest absolute Gasteiger partial charge is 0.0690 e. The minimum absolute atomic E-state index is 0.141. The van der Waals surface area contributed by atoms with E-state index in [2.05, 4.69) is 30.3 Å². The molecule has 78 valence electrons. The Kier molecular flexibility index (Phi) is 3.83. The summed E-state index contributed by atoms with van der Waals surface area (Å²) in [6.45, 7) is 0.141. The molecule has 0 bridgehead atoms. The Morgan fingerprint density at radius 2 is 1.93 bits per heavy atom. The largest absolute Gasteiger partial charge is 0.392 e. The zero-order chi connectivity index (χ0) is 10.5. The van der Waals surface area contributed by atoms with E-state index in [9.17, 15) is 0 Å². The summed E-state index contributed by atoms with van der Waals surface area (Å²) in [5.74, 6) is 0.992. The second-order valence-electron chi connectivity index (χ2n) is 3.21. The first kappa shape index (κ1) is 10.7. The normalized spacial score (nSPS) is 10.5. The van der Waals surface area contributed by atoms with Gasteiger partial charge in [0.05, 0.1) is 10.8 Å². The van der Waals surface area contributed by atoms with Crippen LogP contribution in [0.5, 0.6) is 0 Å². The number of thiophene rings is 1. The van der Waals surface area contributed by atoms with E-state index in [1.807, 2.05) is 23.2 Å². The number of aliphatic hydroxyl groups is 1. The molecule has 0 aliphatic heterocycles. The Hall–Kier alpha value is -0.770. The molecule has 0 saturated carbocycles. The van der Waals surface area contributed by atoms with Gasteiger partial charge in [0.25, 0.3) is 0 Å². The lowest BCUT2D eigenvalue weighted by Gasteiger charge is -1.98. The second-order valence-corrected chi connectivity index (χ2v) is 5.39. The van der Waals surface area contributed by atoms with Gasteiger partial charge in [0.1, 0.15) is 0 Å². The van der Waals surface area contributed by atoms with Gasteiger partial charge in [-0.2, -0.15) is 0 Å². The van der Waals surface area contributed by atoms with Crippen LogP contribution >= 0.6 is 23.1 Å². The Labute approximate surface area is 97.8 Å². The van der Waals surface area contributed by atoms with Gasteiger partial charge in [-0.25, -0.2) is 0 Å². The number of rotatable bonds is 4. The van der Waals surface area contributed by atoms with Crippen LogP contribution in [0.15, 0.2) is 46.0 Å². The van der Waals surface area contributed by atoms with Gasteiger partial charge in [-0.3, -0.25) is 0 Å². The lowest BCUT2D eigenvalue weighted by molar-refractivity contribution is 0.282. The van der Waals surface area contributed by atoms with Crippen molar-refractivity contribution in [2.45, 2.75) is 16.6 Å². The van der Waals surface area contributed by atoms with Gasteiger partial charge in [-0.05, 0) is 22.6 Å². The molecule has 0 saturated heterocycles. The molecule has 2 rings (SSSR count). The Morgan fingerprint density at radius 3 is 2.60 bits per heavy atom. The number of benzene rings is 1. The Bertz CT molecular complexity index is 409. The third-order valence-corrected chi connectivity index (χ3v) is 4.33. The zero-order valence-corrected chi connectivity index (χ0v) is 9.85. The van der Waals surface area contributed by atoms with Crippen LogP contribution in [-0.4, -0.2) is 5.11 Å². The number of aliphatic hydroxyl groups excluding tert-OH is 1. The molecule has 2 aromatic rings. The molecular weight excluding hydrogens is 224 g/mol. The summed E-state index contributed by atoms with van der Waals surface area (Å²) < 4.78 is 1.27. The number of hydrogen-bond acceptors (Lipinski definition) is 3. The minimum atomic E-state index is 0.141. The van der Waals surface area contributed by atoms with E-state index in [-0.39, 0.29) is 6.61 Å². The summed E-state index contributed by atoms with van der Waals surface area (Å²) in [6.07, 6.45) is 0. The molecular formula is C12H12OS2. The number of thioether (sulfide) groups is 1. The number of hydrogen-bond donors (Lipinski definition) is 1. The standard InChI is InChI=1S/C12H12OS2/c13-7-11-6-12(15-9-11)14-8-10-4-2-1-3-5-10/h1-6,9,13H,7-8H2. The summed E-state index contributed by atoms with van der Waals surface area (Å²) in [4.78, 5) is 0. The maximum absolute atomic E-state index is 8.93. The highest BCUT2D eigenvalue weighted by atomic mass is 32.2. The summed E-state index contributed by atoms with van der Waals surface area (Å²) in [7, 11) is 0. The average Bonchev–Trinajstić information content (AvgIpc) is 2.76. The molecule has 0 radical (unpaired) electrons. The maximum atomic E-state index is 8.93. The molecule has 1 N–H and O–H groups in total. The summed E-state index contributed by atoms with van der Waals surface area (Å²) in [6, 6.07) is 12.5. The third kappa shape index (κ3) is 3.09. The van der Waals surface area contributed by atoms with Gasteiger partial charge in [-0.1, -0.05) is 30.3 Å². The predicted molar refractivity (Wildman–Crippen MR) is 66.2 cm³/mol. The fourth-order valence-electron chi connectivity index (χ4n) is 1.24. The highest BCUT2D eigenvalue weighted by Crippen LogP contribution is 2.29. The molecule has 15 heavy (non-hydrogen) atoms. The van der Waals surface area contributed by atoms with Crippen LogP contribution in [0, 0.1) is 0 Å². The van der Waals surface area contributed by atoms with Gasteiger partial charge in [-0.15, -0.1) is 23.1 Å². The van der Waals surface area contributed by atoms with Crippen LogP contribution in [-0.2, 0) is 12.4 Å². The van der Waals surface area contributed by atoms with Crippen LogP contribution in [0.3, 0.4) is 0 Å². The van der Waals surface area contributed by atoms with E-state index in [4.69, 9.17) is 5.11 Å². The van der Waals surface area contributed by atoms with Crippen LogP contribution in [0.1, 0.15) is 11.1 Å². The van der Waals surface area contributed by atoms with Crippen LogP contribution in [0.4, 0.5) is 0 Å². The molecule has 1 aromatic heterocycles. The van der Waals surface area contributed by atoms with E-state index < -0.39 is 0 Å². The predicted octanol–water partition coefficient (Wildman–Crippen LogP) is 3.53. The lowest BCUT2D eigenvalue weighted by atomic mass is 10.2. The van der Waals surface area contributed by atoms with Crippen molar-refractivity contribution in [3.63, 3.8) is 0 Å². The van der Waals surface area contributed by atoms with Crippen molar-refractivity contribution in [3.8, 4) is 0 Å². The summed E-state index contributed by atoms with van der Waals surface area (Å²) in [5.41, 5.74) is 2.34. The van der Waals surface area contributed by atoms with Crippen molar-refractivity contribution >= 4 is 23.1 Å². The third-order valence-electron chi connectivity index (χ3n) is 2.04. The van der Waals surface area contributed by atoms with Gasteiger partial charge < -0.3 is 5.11 Å². The van der Waals surface area contributed by atoms with Crippen molar-refractivity contribution in [1.82, 2.24) is 0 Å². The van der Waals surface area contributed by atoms with E-state index in [0.717, 1.165) is 11.3 Å². The van der Waals surface area contributed by atoms with E-state index in [0.29, 0.717) is 0 Å². The molecule has 0 aliphatic rings. The molecule has 1 aromatic carbocycles. The first-order chi connectivity index (χ1) is 7.38. The van der Waals surface area contributed by atoms with Crippen LogP contribution in [0.2, 0.25) is 0 Å². The Balaban J connectivity index is 1.93. The second kappa shape index (κ2) is 5.35.